The number of ether oxygens (including phenoxy) is 1. The molecule has 0 atom stereocenters. The normalized spacial score (nSPS) is 10.9. The Bertz CT molecular complexity index is 556. The van der Waals surface area contributed by atoms with Gasteiger partial charge in [0, 0.05) is 37.0 Å². The van der Waals surface area contributed by atoms with E-state index in [0.29, 0.717) is 13.0 Å². The largest absolute Gasteiger partial charge is 0.383 e. The molecular formula is C14H20N4OS. The maximum Gasteiger partial charge on any atom is 0.135 e. The predicted molar refractivity (Wildman–Crippen MR) is 80.0 cm³/mol. The average Bonchev–Trinajstić information content (AvgIpc) is 2.79. The number of hydrogen-bond acceptors (Lipinski definition) is 6. The second-order valence-corrected chi connectivity index (χ2v) is 5.59. The van der Waals surface area contributed by atoms with Crippen LogP contribution in [0, 0.1) is 13.8 Å². The van der Waals surface area contributed by atoms with Gasteiger partial charge in [-0.1, -0.05) is 0 Å². The Balaban J connectivity index is 2.00. The van der Waals surface area contributed by atoms with E-state index in [4.69, 9.17) is 4.74 Å². The minimum absolute atomic E-state index is 0.700. The van der Waals surface area contributed by atoms with Crippen LogP contribution in [0.1, 0.15) is 27.9 Å². The van der Waals surface area contributed by atoms with Crippen molar-refractivity contribution in [2.24, 2.45) is 0 Å². The molecule has 5 nitrogen and oxygen atoms in total. The number of thiazole rings is 1. The lowest BCUT2D eigenvalue weighted by Gasteiger charge is -2.06. The molecule has 2 aromatic heterocycles. The summed E-state index contributed by atoms with van der Waals surface area (Å²) in [5.74, 6) is 0.836. The minimum atomic E-state index is 0.700. The third kappa shape index (κ3) is 4.63. The van der Waals surface area contributed by atoms with E-state index < -0.39 is 0 Å². The van der Waals surface area contributed by atoms with Gasteiger partial charge in [0.2, 0.25) is 0 Å². The van der Waals surface area contributed by atoms with Crippen LogP contribution in [0.25, 0.3) is 0 Å². The third-order valence-corrected chi connectivity index (χ3v) is 3.69. The third-order valence-electron chi connectivity index (χ3n) is 2.72. The van der Waals surface area contributed by atoms with Crippen LogP contribution in [0.15, 0.2) is 11.4 Å². The second kappa shape index (κ2) is 7.42. The summed E-state index contributed by atoms with van der Waals surface area (Å²) in [6, 6.07) is 2.01. The van der Waals surface area contributed by atoms with Gasteiger partial charge in [0.15, 0.2) is 0 Å². The molecule has 1 N–H and O–H groups in total. The molecule has 0 saturated carbocycles. The van der Waals surface area contributed by atoms with Crippen molar-refractivity contribution in [1.82, 2.24) is 20.3 Å². The molecule has 0 aliphatic heterocycles. The monoisotopic (exact) mass is 292 g/mol. The SMILES string of the molecule is COCCNCc1cc(C)nc(Cc2nc(C)cs2)n1. The Hall–Kier alpha value is -1.37. The molecule has 0 aliphatic rings. The van der Waals surface area contributed by atoms with Gasteiger partial charge >= 0.3 is 0 Å². The Morgan fingerprint density at radius 1 is 1.20 bits per heavy atom. The molecule has 0 radical (unpaired) electrons. The Morgan fingerprint density at radius 2 is 2.05 bits per heavy atom. The maximum atomic E-state index is 5.01. The van der Waals surface area contributed by atoms with Gasteiger partial charge < -0.3 is 10.1 Å². The number of aryl methyl sites for hydroxylation is 2. The van der Waals surface area contributed by atoms with E-state index in [1.807, 2.05) is 19.9 Å². The standard InChI is InChI=1S/C14H20N4OS/c1-10-6-12(8-15-4-5-19-3)18-13(16-10)7-14-17-11(2)9-20-14/h6,9,15H,4-5,7-8H2,1-3H3. The Labute approximate surface area is 123 Å². The van der Waals surface area contributed by atoms with Crippen molar-refractivity contribution >= 4 is 11.3 Å². The molecule has 2 heterocycles. The zero-order valence-corrected chi connectivity index (χ0v) is 13.0. The number of aromatic nitrogens is 3. The van der Waals surface area contributed by atoms with Crippen molar-refractivity contribution in [3.8, 4) is 0 Å². The lowest BCUT2D eigenvalue weighted by Crippen LogP contribution is -2.20. The summed E-state index contributed by atoms with van der Waals surface area (Å²) in [5.41, 5.74) is 3.06. The molecule has 0 amide bonds. The highest BCUT2D eigenvalue weighted by Gasteiger charge is 2.06. The molecule has 0 saturated heterocycles. The molecule has 0 aliphatic carbocycles. The highest BCUT2D eigenvalue weighted by atomic mass is 32.1. The summed E-state index contributed by atoms with van der Waals surface area (Å²) >= 11 is 1.66. The summed E-state index contributed by atoms with van der Waals surface area (Å²) in [6.45, 7) is 6.26. The van der Waals surface area contributed by atoms with Crippen molar-refractivity contribution in [3.05, 3.63) is 39.4 Å². The van der Waals surface area contributed by atoms with Crippen molar-refractivity contribution in [1.29, 1.82) is 0 Å². The van der Waals surface area contributed by atoms with Crippen LogP contribution in [0.4, 0.5) is 0 Å². The molecular weight excluding hydrogens is 272 g/mol. The van der Waals surface area contributed by atoms with E-state index in [2.05, 4.69) is 25.6 Å². The molecule has 108 valence electrons. The van der Waals surface area contributed by atoms with E-state index in [1.54, 1.807) is 18.4 Å². The fourth-order valence-electron chi connectivity index (χ4n) is 1.88. The molecule has 0 fully saturated rings. The van der Waals surface area contributed by atoms with Crippen LogP contribution >= 0.6 is 11.3 Å². The van der Waals surface area contributed by atoms with Gasteiger partial charge in [-0.15, -0.1) is 11.3 Å². The zero-order chi connectivity index (χ0) is 14.4. The Morgan fingerprint density at radius 3 is 2.75 bits per heavy atom. The quantitative estimate of drug-likeness (QED) is 0.790. The molecule has 0 aromatic carbocycles. The van der Waals surface area contributed by atoms with Crippen LogP contribution in [0.5, 0.6) is 0 Å². The number of hydrogen-bond donors (Lipinski definition) is 1. The lowest BCUT2D eigenvalue weighted by atomic mass is 10.3. The van der Waals surface area contributed by atoms with Gasteiger partial charge in [0.05, 0.1) is 18.7 Å². The molecule has 0 bridgehead atoms. The van der Waals surface area contributed by atoms with Crippen molar-refractivity contribution in [2.45, 2.75) is 26.8 Å². The van der Waals surface area contributed by atoms with Crippen LogP contribution in [-0.4, -0.2) is 35.2 Å². The van der Waals surface area contributed by atoms with Gasteiger partial charge in [0.1, 0.15) is 10.8 Å². The van der Waals surface area contributed by atoms with Gasteiger partial charge in [-0.2, -0.15) is 0 Å². The smallest absolute Gasteiger partial charge is 0.135 e. The first-order valence-electron chi connectivity index (χ1n) is 6.61. The van der Waals surface area contributed by atoms with E-state index in [9.17, 15) is 0 Å². The molecule has 2 aromatic rings. The molecule has 20 heavy (non-hydrogen) atoms. The zero-order valence-electron chi connectivity index (χ0n) is 12.1. The van der Waals surface area contributed by atoms with Crippen LogP contribution in [0.2, 0.25) is 0 Å². The predicted octanol–water partition coefficient (Wildman–Crippen LogP) is 1.88. The van der Waals surface area contributed by atoms with Gasteiger partial charge in [-0.3, -0.25) is 0 Å². The van der Waals surface area contributed by atoms with Gasteiger partial charge in [-0.05, 0) is 19.9 Å². The van der Waals surface area contributed by atoms with E-state index in [0.717, 1.165) is 41.0 Å². The molecule has 6 heteroatoms. The second-order valence-electron chi connectivity index (χ2n) is 4.65. The molecule has 0 unspecified atom stereocenters. The Kier molecular flexibility index (Phi) is 5.58. The van der Waals surface area contributed by atoms with Crippen LogP contribution < -0.4 is 5.32 Å². The maximum absolute atomic E-state index is 5.01. The topological polar surface area (TPSA) is 59.9 Å². The van der Waals surface area contributed by atoms with Crippen LogP contribution in [0.3, 0.4) is 0 Å². The van der Waals surface area contributed by atoms with Gasteiger partial charge in [0.25, 0.3) is 0 Å². The molecule has 2 rings (SSSR count). The fraction of sp³-hybridized carbons (Fsp3) is 0.500. The van der Waals surface area contributed by atoms with E-state index in [-0.39, 0.29) is 0 Å². The first-order chi connectivity index (χ1) is 9.67. The van der Waals surface area contributed by atoms with Crippen molar-refractivity contribution < 1.29 is 4.74 Å². The van der Waals surface area contributed by atoms with Crippen molar-refractivity contribution in [2.75, 3.05) is 20.3 Å². The summed E-state index contributed by atoms with van der Waals surface area (Å²) in [7, 11) is 1.70. The summed E-state index contributed by atoms with van der Waals surface area (Å²) in [5, 5.41) is 6.41. The summed E-state index contributed by atoms with van der Waals surface area (Å²) in [4.78, 5) is 13.5. The van der Waals surface area contributed by atoms with Crippen LogP contribution in [-0.2, 0) is 17.7 Å². The van der Waals surface area contributed by atoms with Crippen molar-refractivity contribution in [3.63, 3.8) is 0 Å². The number of nitrogens with one attached hydrogen (secondary N) is 1. The lowest BCUT2D eigenvalue weighted by molar-refractivity contribution is 0.199. The highest BCUT2D eigenvalue weighted by Crippen LogP contribution is 2.13. The minimum Gasteiger partial charge on any atom is -0.383 e. The fourth-order valence-corrected chi connectivity index (χ4v) is 2.65. The average molecular weight is 292 g/mol. The molecule has 0 spiro atoms. The van der Waals surface area contributed by atoms with E-state index in [1.165, 1.54) is 0 Å². The first-order valence-corrected chi connectivity index (χ1v) is 7.49. The highest BCUT2D eigenvalue weighted by molar-refractivity contribution is 7.09. The first kappa shape index (κ1) is 15.0. The number of rotatable bonds is 7. The van der Waals surface area contributed by atoms with Gasteiger partial charge in [-0.25, -0.2) is 15.0 Å². The number of methoxy groups -OCH3 is 1. The summed E-state index contributed by atoms with van der Waals surface area (Å²) < 4.78 is 5.01. The summed E-state index contributed by atoms with van der Waals surface area (Å²) in [6.07, 6.45) is 0.700. The van der Waals surface area contributed by atoms with E-state index >= 15 is 0 Å². The number of nitrogens with zero attached hydrogens (tertiary/aromatic N) is 3.